The Kier molecular flexibility index (Phi) is 3.16. The number of hydrogen-bond acceptors (Lipinski definition) is 3. The molecule has 4 nitrogen and oxygen atoms in total. The Morgan fingerprint density at radius 3 is 2.60 bits per heavy atom. The highest BCUT2D eigenvalue weighted by atomic mass is 16.5. The number of methoxy groups -OCH3 is 2. The summed E-state index contributed by atoms with van der Waals surface area (Å²) < 4.78 is 10.6. The summed E-state index contributed by atoms with van der Waals surface area (Å²) >= 11 is 0. The van der Waals surface area contributed by atoms with Crippen LogP contribution in [0.25, 0.3) is 0 Å². The summed E-state index contributed by atoms with van der Waals surface area (Å²) in [7, 11) is 3.21. The van der Waals surface area contributed by atoms with Crippen molar-refractivity contribution in [1.29, 1.82) is 0 Å². The molecule has 4 unspecified atom stereocenters. The molecule has 4 atom stereocenters. The molecule has 2 aliphatic carbocycles. The number of carboxylic acids is 1. The van der Waals surface area contributed by atoms with Crippen LogP contribution in [0, 0.1) is 17.8 Å². The molecule has 0 aliphatic heterocycles. The second kappa shape index (κ2) is 4.85. The van der Waals surface area contributed by atoms with Crippen LogP contribution in [0.5, 0.6) is 11.5 Å². The highest BCUT2D eigenvalue weighted by Gasteiger charge is 2.49. The van der Waals surface area contributed by atoms with Gasteiger partial charge in [0.1, 0.15) is 11.5 Å². The maximum Gasteiger partial charge on any atom is 0.307 e. The van der Waals surface area contributed by atoms with Gasteiger partial charge in [-0.2, -0.15) is 0 Å². The van der Waals surface area contributed by atoms with Crippen molar-refractivity contribution in [3.63, 3.8) is 0 Å². The van der Waals surface area contributed by atoms with Gasteiger partial charge in [-0.05, 0) is 29.9 Å². The molecule has 0 heterocycles. The van der Waals surface area contributed by atoms with Gasteiger partial charge in [-0.15, -0.1) is 0 Å². The van der Waals surface area contributed by atoms with Gasteiger partial charge in [0.15, 0.2) is 0 Å². The van der Waals surface area contributed by atoms with Gasteiger partial charge in [-0.1, -0.05) is 18.2 Å². The maximum absolute atomic E-state index is 11.6. The third-order valence-electron chi connectivity index (χ3n) is 4.54. The van der Waals surface area contributed by atoms with Gasteiger partial charge in [0.25, 0.3) is 0 Å². The molecule has 2 aliphatic rings. The summed E-state index contributed by atoms with van der Waals surface area (Å²) in [4.78, 5) is 11.6. The molecule has 0 radical (unpaired) electrons. The second-order valence-electron chi connectivity index (χ2n) is 5.45. The fourth-order valence-electron chi connectivity index (χ4n) is 3.68. The normalized spacial score (nSPS) is 30.5. The third kappa shape index (κ3) is 1.87. The summed E-state index contributed by atoms with van der Waals surface area (Å²) in [5, 5.41) is 9.53. The van der Waals surface area contributed by atoms with E-state index < -0.39 is 5.97 Å². The van der Waals surface area contributed by atoms with E-state index in [1.54, 1.807) is 14.2 Å². The Labute approximate surface area is 118 Å². The summed E-state index contributed by atoms with van der Waals surface area (Å²) in [5.41, 5.74) is 0.970. The van der Waals surface area contributed by atoms with Crippen LogP contribution in [0.15, 0.2) is 30.4 Å². The maximum atomic E-state index is 11.6. The second-order valence-corrected chi connectivity index (χ2v) is 5.45. The van der Waals surface area contributed by atoms with Crippen molar-refractivity contribution in [2.45, 2.75) is 12.3 Å². The van der Waals surface area contributed by atoms with Gasteiger partial charge in [0.2, 0.25) is 0 Å². The molecule has 0 aromatic heterocycles. The van der Waals surface area contributed by atoms with Gasteiger partial charge < -0.3 is 14.6 Å². The van der Waals surface area contributed by atoms with Crippen molar-refractivity contribution in [2.24, 2.45) is 17.8 Å². The van der Waals surface area contributed by atoms with Crippen molar-refractivity contribution in [2.75, 3.05) is 14.2 Å². The van der Waals surface area contributed by atoms with Crippen LogP contribution in [-0.2, 0) is 4.79 Å². The van der Waals surface area contributed by atoms with Crippen LogP contribution in [0.1, 0.15) is 17.9 Å². The molecule has 1 aromatic rings. The van der Waals surface area contributed by atoms with Crippen LogP contribution in [-0.4, -0.2) is 25.3 Å². The van der Waals surface area contributed by atoms with Crippen molar-refractivity contribution < 1.29 is 19.4 Å². The highest BCUT2D eigenvalue weighted by Crippen LogP contribution is 2.54. The molecule has 20 heavy (non-hydrogen) atoms. The summed E-state index contributed by atoms with van der Waals surface area (Å²) in [6.07, 6.45) is 5.13. The van der Waals surface area contributed by atoms with Gasteiger partial charge in [-0.25, -0.2) is 0 Å². The minimum absolute atomic E-state index is 0.0108. The lowest BCUT2D eigenvalue weighted by Crippen LogP contribution is -2.26. The molecule has 4 heteroatoms. The molecule has 1 saturated carbocycles. The number of fused-ring (bicyclic) bond motifs is 2. The van der Waals surface area contributed by atoms with E-state index in [0.29, 0.717) is 11.7 Å². The van der Waals surface area contributed by atoms with Crippen molar-refractivity contribution >= 4 is 5.97 Å². The van der Waals surface area contributed by atoms with E-state index in [4.69, 9.17) is 9.47 Å². The predicted octanol–water partition coefficient (Wildman–Crippen LogP) is 2.69. The molecule has 0 saturated heterocycles. The summed E-state index contributed by atoms with van der Waals surface area (Å²) in [5.74, 6) is 0.788. The number of aliphatic carboxylic acids is 1. The number of rotatable bonds is 4. The zero-order valence-corrected chi connectivity index (χ0v) is 11.6. The van der Waals surface area contributed by atoms with Crippen LogP contribution in [0.4, 0.5) is 0 Å². The van der Waals surface area contributed by atoms with Gasteiger partial charge in [0, 0.05) is 12.0 Å². The van der Waals surface area contributed by atoms with E-state index in [1.807, 2.05) is 18.2 Å². The first kappa shape index (κ1) is 13.0. The molecule has 106 valence electrons. The zero-order chi connectivity index (χ0) is 14.3. The third-order valence-corrected chi connectivity index (χ3v) is 4.54. The van der Waals surface area contributed by atoms with E-state index in [1.165, 1.54) is 0 Å². The van der Waals surface area contributed by atoms with Gasteiger partial charge in [-0.3, -0.25) is 4.79 Å². The quantitative estimate of drug-likeness (QED) is 0.858. The SMILES string of the molecule is COc1ccc(C2C3C=CC(C3)C2C(=O)O)c(OC)c1. The Bertz CT molecular complexity index is 564. The number of carboxylic acid groups (broad SMARTS) is 1. The van der Waals surface area contributed by atoms with Gasteiger partial charge >= 0.3 is 5.97 Å². The Balaban J connectivity index is 2.03. The van der Waals surface area contributed by atoms with Gasteiger partial charge in [0.05, 0.1) is 20.1 Å². The number of benzene rings is 1. The molecule has 3 rings (SSSR count). The van der Waals surface area contributed by atoms with Crippen LogP contribution in [0.2, 0.25) is 0 Å². The largest absolute Gasteiger partial charge is 0.497 e. The number of ether oxygens (including phenoxy) is 2. The summed E-state index contributed by atoms with van der Waals surface area (Å²) in [6, 6.07) is 5.63. The lowest BCUT2D eigenvalue weighted by molar-refractivity contribution is -0.143. The van der Waals surface area contributed by atoms with E-state index in [9.17, 15) is 9.90 Å². The number of hydrogen-bond donors (Lipinski definition) is 1. The molecule has 2 bridgehead atoms. The van der Waals surface area contributed by atoms with Crippen LogP contribution >= 0.6 is 0 Å². The van der Waals surface area contributed by atoms with E-state index in [0.717, 1.165) is 17.7 Å². The van der Waals surface area contributed by atoms with E-state index in [-0.39, 0.29) is 17.8 Å². The average Bonchev–Trinajstić information content (AvgIpc) is 3.06. The molecule has 0 amide bonds. The lowest BCUT2D eigenvalue weighted by atomic mass is 9.78. The first-order valence-corrected chi connectivity index (χ1v) is 6.78. The van der Waals surface area contributed by atoms with Crippen molar-refractivity contribution in [1.82, 2.24) is 0 Å². The Hall–Kier alpha value is -1.97. The first-order valence-electron chi connectivity index (χ1n) is 6.78. The molecule has 0 spiro atoms. The molecule has 1 N–H and O–H groups in total. The fraction of sp³-hybridized carbons (Fsp3) is 0.438. The first-order chi connectivity index (χ1) is 9.65. The minimum atomic E-state index is -0.718. The van der Waals surface area contributed by atoms with Crippen molar-refractivity contribution in [3.8, 4) is 11.5 Å². The number of carbonyl (C=O) groups is 1. The van der Waals surface area contributed by atoms with E-state index in [2.05, 4.69) is 12.2 Å². The monoisotopic (exact) mass is 274 g/mol. The lowest BCUT2D eigenvalue weighted by Gasteiger charge is -2.26. The van der Waals surface area contributed by atoms with Crippen LogP contribution in [0.3, 0.4) is 0 Å². The van der Waals surface area contributed by atoms with E-state index >= 15 is 0 Å². The number of allylic oxidation sites excluding steroid dienone is 2. The van der Waals surface area contributed by atoms with Crippen LogP contribution < -0.4 is 9.47 Å². The fourth-order valence-corrected chi connectivity index (χ4v) is 3.68. The molecular formula is C16H18O4. The molecule has 1 aromatic carbocycles. The minimum Gasteiger partial charge on any atom is -0.497 e. The topological polar surface area (TPSA) is 55.8 Å². The Morgan fingerprint density at radius 2 is 1.95 bits per heavy atom. The summed E-state index contributed by atoms with van der Waals surface area (Å²) in [6.45, 7) is 0. The van der Waals surface area contributed by atoms with Crippen molar-refractivity contribution in [3.05, 3.63) is 35.9 Å². The molecule has 1 fully saturated rings. The average molecular weight is 274 g/mol. The molecular weight excluding hydrogens is 256 g/mol. The smallest absolute Gasteiger partial charge is 0.307 e. The Morgan fingerprint density at radius 1 is 1.20 bits per heavy atom. The highest BCUT2D eigenvalue weighted by molar-refractivity contribution is 5.74. The zero-order valence-electron chi connectivity index (χ0n) is 11.6. The predicted molar refractivity (Wildman–Crippen MR) is 74.1 cm³/mol. The standard InChI is InChI=1S/C16H18O4/c1-19-11-5-6-12(13(8-11)20-2)14-9-3-4-10(7-9)15(14)16(17)18/h3-6,8-10,14-15H,7H2,1-2H3,(H,17,18).